The number of benzene rings is 1. The van der Waals surface area contributed by atoms with Crippen molar-refractivity contribution in [3.63, 3.8) is 0 Å². The molecule has 0 bridgehead atoms. The predicted molar refractivity (Wildman–Crippen MR) is 44.2 cm³/mol. The number of aromatic hydroxyl groups is 1. The molecule has 0 aromatic heterocycles. The van der Waals surface area contributed by atoms with Crippen LogP contribution in [0.25, 0.3) is 0 Å². The Bertz CT molecular complexity index is 289. The molecule has 0 atom stereocenters. The average Bonchev–Trinajstić information content (AvgIpc) is 2.09. The molecule has 0 aliphatic carbocycles. The summed E-state index contributed by atoms with van der Waals surface area (Å²) in [6.07, 6.45) is 0. The SMILES string of the molecule is COc1cc(CCl)cc(F)c1O. The molecule has 0 aliphatic heterocycles. The highest BCUT2D eigenvalue weighted by atomic mass is 35.5. The maximum absolute atomic E-state index is 12.8. The van der Waals surface area contributed by atoms with Crippen LogP contribution in [0.3, 0.4) is 0 Å². The molecule has 0 spiro atoms. The molecule has 1 aromatic rings. The molecule has 0 unspecified atom stereocenters. The van der Waals surface area contributed by atoms with Gasteiger partial charge in [0, 0.05) is 5.88 Å². The van der Waals surface area contributed by atoms with E-state index >= 15 is 0 Å². The zero-order valence-electron chi connectivity index (χ0n) is 6.47. The van der Waals surface area contributed by atoms with Crippen molar-refractivity contribution in [1.82, 2.24) is 0 Å². The van der Waals surface area contributed by atoms with Crippen LogP contribution in [0.15, 0.2) is 12.1 Å². The Labute approximate surface area is 74.5 Å². The largest absolute Gasteiger partial charge is 0.502 e. The smallest absolute Gasteiger partial charge is 0.194 e. The fourth-order valence-corrected chi connectivity index (χ4v) is 1.01. The molecule has 0 fully saturated rings. The fourth-order valence-electron chi connectivity index (χ4n) is 0.860. The van der Waals surface area contributed by atoms with Crippen LogP contribution in [-0.2, 0) is 5.88 Å². The van der Waals surface area contributed by atoms with Crippen molar-refractivity contribution in [2.75, 3.05) is 7.11 Å². The Balaban J connectivity index is 3.19. The molecule has 0 radical (unpaired) electrons. The van der Waals surface area contributed by atoms with Gasteiger partial charge >= 0.3 is 0 Å². The van der Waals surface area contributed by atoms with E-state index < -0.39 is 11.6 Å². The van der Waals surface area contributed by atoms with Crippen LogP contribution >= 0.6 is 11.6 Å². The van der Waals surface area contributed by atoms with Gasteiger partial charge in [-0.2, -0.15) is 0 Å². The minimum Gasteiger partial charge on any atom is -0.502 e. The number of hydrogen-bond acceptors (Lipinski definition) is 2. The first-order valence-electron chi connectivity index (χ1n) is 3.30. The number of phenols is 1. The molecule has 1 rings (SSSR count). The van der Waals surface area contributed by atoms with E-state index in [2.05, 4.69) is 0 Å². The minimum absolute atomic E-state index is 0.102. The van der Waals surface area contributed by atoms with E-state index in [0.29, 0.717) is 5.56 Å². The van der Waals surface area contributed by atoms with E-state index in [1.54, 1.807) is 0 Å². The summed E-state index contributed by atoms with van der Waals surface area (Å²) in [5, 5.41) is 9.07. The lowest BCUT2D eigenvalue weighted by atomic mass is 10.2. The van der Waals surface area contributed by atoms with Crippen LogP contribution in [0.5, 0.6) is 11.5 Å². The van der Waals surface area contributed by atoms with Crippen molar-refractivity contribution in [2.45, 2.75) is 5.88 Å². The molecule has 0 aliphatic rings. The van der Waals surface area contributed by atoms with Crippen molar-refractivity contribution in [3.8, 4) is 11.5 Å². The summed E-state index contributed by atoms with van der Waals surface area (Å²) >= 11 is 5.48. The maximum atomic E-state index is 12.8. The lowest BCUT2D eigenvalue weighted by Gasteiger charge is -2.05. The lowest BCUT2D eigenvalue weighted by molar-refractivity contribution is 0.356. The third-order valence-corrected chi connectivity index (χ3v) is 1.77. The first-order valence-corrected chi connectivity index (χ1v) is 3.83. The highest BCUT2D eigenvalue weighted by molar-refractivity contribution is 6.17. The van der Waals surface area contributed by atoms with Gasteiger partial charge in [0.15, 0.2) is 17.3 Å². The summed E-state index contributed by atoms with van der Waals surface area (Å²) in [6.45, 7) is 0. The summed E-state index contributed by atoms with van der Waals surface area (Å²) < 4.78 is 17.5. The van der Waals surface area contributed by atoms with Crippen LogP contribution < -0.4 is 4.74 Å². The van der Waals surface area contributed by atoms with Crippen LogP contribution in [0.2, 0.25) is 0 Å². The Morgan fingerprint density at radius 1 is 1.58 bits per heavy atom. The number of halogens is 2. The summed E-state index contributed by atoms with van der Waals surface area (Å²) in [4.78, 5) is 0. The Morgan fingerprint density at radius 3 is 2.75 bits per heavy atom. The van der Waals surface area contributed by atoms with Crippen molar-refractivity contribution in [2.24, 2.45) is 0 Å². The highest BCUT2D eigenvalue weighted by Gasteiger charge is 2.09. The fraction of sp³-hybridized carbons (Fsp3) is 0.250. The number of alkyl halides is 1. The molecule has 1 aromatic carbocycles. The third kappa shape index (κ3) is 1.61. The quantitative estimate of drug-likeness (QED) is 0.725. The van der Waals surface area contributed by atoms with Gasteiger partial charge < -0.3 is 9.84 Å². The van der Waals surface area contributed by atoms with Gasteiger partial charge in [0.25, 0.3) is 0 Å². The van der Waals surface area contributed by atoms with E-state index in [1.165, 1.54) is 19.2 Å². The van der Waals surface area contributed by atoms with Crippen LogP contribution in [0.1, 0.15) is 5.56 Å². The molecular weight excluding hydrogens is 183 g/mol. The molecule has 66 valence electrons. The number of ether oxygens (including phenoxy) is 1. The first-order chi connectivity index (χ1) is 5.69. The summed E-state index contributed by atoms with van der Waals surface area (Å²) in [5.74, 6) is -0.907. The van der Waals surface area contributed by atoms with Gasteiger partial charge in [-0.05, 0) is 17.7 Å². The number of phenolic OH excluding ortho intramolecular Hbond substituents is 1. The van der Waals surface area contributed by atoms with Crippen LogP contribution in [-0.4, -0.2) is 12.2 Å². The summed E-state index contributed by atoms with van der Waals surface area (Å²) in [7, 11) is 1.35. The average molecular weight is 191 g/mol. The molecule has 0 heterocycles. The summed E-state index contributed by atoms with van der Waals surface area (Å²) in [6, 6.07) is 2.66. The van der Waals surface area contributed by atoms with Gasteiger partial charge in [-0.25, -0.2) is 4.39 Å². The van der Waals surface area contributed by atoms with Gasteiger partial charge in [0.05, 0.1) is 7.11 Å². The second kappa shape index (κ2) is 3.63. The number of methoxy groups -OCH3 is 1. The van der Waals surface area contributed by atoms with E-state index in [-0.39, 0.29) is 11.6 Å². The van der Waals surface area contributed by atoms with Crippen molar-refractivity contribution in [3.05, 3.63) is 23.5 Å². The van der Waals surface area contributed by atoms with Crippen molar-refractivity contribution < 1.29 is 14.2 Å². The normalized spacial score (nSPS) is 9.92. The molecule has 0 saturated heterocycles. The van der Waals surface area contributed by atoms with E-state index in [0.717, 1.165) is 0 Å². The predicted octanol–water partition coefficient (Wildman–Crippen LogP) is 2.28. The second-order valence-corrected chi connectivity index (χ2v) is 2.53. The van der Waals surface area contributed by atoms with E-state index in [1.807, 2.05) is 0 Å². The standard InChI is InChI=1S/C8H8ClFO2/c1-12-7-3-5(4-9)2-6(10)8(7)11/h2-3,11H,4H2,1H3. The molecule has 0 saturated carbocycles. The monoisotopic (exact) mass is 190 g/mol. The first kappa shape index (κ1) is 9.13. The van der Waals surface area contributed by atoms with Gasteiger partial charge in [-0.1, -0.05) is 0 Å². The van der Waals surface area contributed by atoms with Gasteiger partial charge in [-0.3, -0.25) is 0 Å². The number of hydrogen-bond donors (Lipinski definition) is 1. The zero-order valence-corrected chi connectivity index (χ0v) is 7.23. The summed E-state index contributed by atoms with van der Waals surface area (Å²) in [5.41, 5.74) is 0.573. The Hall–Kier alpha value is -0.960. The lowest BCUT2D eigenvalue weighted by Crippen LogP contribution is -1.89. The van der Waals surface area contributed by atoms with Crippen LogP contribution in [0.4, 0.5) is 4.39 Å². The van der Waals surface area contributed by atoms with Crippen LogP contribution in [0, 0.1) is 5.82 Å². The Morgan fingerprint density at radius 2 is 2.25 bits per heavy atom. The van der Waals surface area contributed by atoms with Gasteiger partial charge in [-0.15, -0.1) is 11.6 Å². The topological polar surface area (TPSA) is 29.5 Å². The third-order valence-electron chi connectivity index (χ3n) is 1.46. The molecule has 0 amide bonds. The second-order valence-electron chi connectivity index (χ2n) is 2.26. The zero-order chi connectivity index (χ0) is 9.14. The van der Waals surface area contributed by atoms with Crippen molar-refractivity contribution in [1.29, 1.82) is 0 Å². The van der Waals surface area contributed by atoms with Gasteiger partial charge in [0.1, 0.15) is 0 Å². The number of rotatable bonds is 2. The Kier molecular flexibility index (Phi) is 2.76. The molecule has 12 heavy (non-hydrogen) atoms. The van der Waals surface area contributed by atoms with E-state index in [4.69, 9.17) is 21.4 Å². The molecule has 4 heteroatoms. The maximum Gasteiger partial charge on any atom is 0.194 e. The minimum atomic E-state index is -0.718. The molecular formula is C8H8ClFO2. The van der Waals surface area contributed by atoms with Gasteiger partial charge in [0.2, 0.25) is 0 Å². The van der Waals surface area contributed by atoms with Crippen molar-refractivity contribution >= 4 is 11.6 Å². The van der Waals surface area contributed by atoms with E-state index in [9.17, 15) is 4.39 Å². The highest BCUT2D eigenvalue weighted by Crippen LogP contribution is 2.30. The molecule has 2 nitrogen and oxygen atoms in total. The molecule has 1 N–H and O–H groups in total.